The summed E-state index contributed by atoms with van der Waals surface area (Å²) in [7, 11) is 0. The molecule has 0 aliphatic rings. The summed E-state index contributed by atoms with van der Waals surface area (Å²) in [6.45, 7) is -2.94. The fraction of sp³-hybridized carbons (Fsp3) is 0.111. The van der Waals surface area contributed by atoms with Gasteiger partial charge in [-0.3, -0.25) is 0 Å². The maximum Gasteiger partial charge on any atom is 0.355 e. The van der Waals surface area contributed by atoms with E-state index in [2.05, 4.69) is 5.10 Å². The van der Waals surface area contributed by atoms with Gasteiger partial charge in [0.25, 0.3) is 0 Å². The quantitative estimate of drug-likeness (QED) is 0.848. The molecule has 0 saturated heterocycles. The highest BCUT2D eigenvalue weighted by Gasteiger charge is 2.15. The number of benzene rings is 1. The summed E-state index contributed by atoms with van der Waals surface area (Å²) in [5.41, 5.74) is -0.773. The summed E-state index contributed by atoms with van der Waals surface area (Å²) in [5.74, 6) is 0. The van der Waals surface area contributed by atoms with Crippen molar-refractivity contribution < 1.29 is 8.78 Å². The number of halogens is 4. The molecule has 1 aromatic heterocycles. The molecule has 8 heteroatoms. The summed E-state index contributed by atoms with van der Waals surface area (Å²) in [5, 5.41) is 4.08. The van der Waals surface area contributed by atoms with E-state index in [4.69, 9.17) is 23.2 Å². The summed E-state index contributed by atoms with van der Waals surface area (Å²) in [6, 6.07) is 4.30. The van der Waals surface area contributed by atoms with Gasteiger partial charge in [0.05, 0.1) is 10.7 Å². The molecule has 1 aromatic carbocycles. The van der Waals surface area contributed by atoms with E-state index in [1.807, 2.05) is 0 Å². The van der Waals surface area contributed by atoms with Crippen LogP contribution in [-0.2, 0) is 0 Å². The van der Waals surface area contributed by atoms with E-state index in [1.165, 1.54) is 18.2 Å². The number of hydrogen-bond donors (Lipinski definition) is 0. The second kappa shape index (κ2) is 4.46. The van der Waals surface area contributed by atoms with E-state index in [-0.39, 0.29) is 15.3 Å². The molecule has 0 unspecified atom stereocenters. The van der Waals surface area contributed by atoms with E-state index < -0.39 is 12.2 Å². The molecule has 0 atom stereocenters. The summed E-state index contributed by atoms with van der Waals surface area (Å²) >= 11 is 11.5. The summed E-state index contributed by atoms with van der Waals surface area (Å²) in [6.07, 6.45) is 0.748. The Morgan fingerprint density at radius 2 is 2.00 bits per heavy atom. The normalized spacial score (nSPS) is 11.1. The smallest absolute Gasteiger partial charge is 0.245 e. The summed E-state index contributed by atoms with van der Waals surface area (Å²) < 4.78 is 25.7. The van der Waals surface area contributed by atoms with Gasteiger partial charge >= 0.3 is 12.2 Å². The van der Waals surface area contributed by atoms with Gasteiger partial charge in [-0.2, -0.15) is 18.6 Å². The van der Waals surface area contributed by atoms with Gasteiger partial charge < -0.3 is 0 Å². The molecule has 0 fully saturated rings. The van der Waals surface area contributed by atoms with Gasteiger partial charge in [-0.1, -0.05) is 23.2 Å². The zero-order valence-electron chi connectivity index (χ0n) is 8.15. The van der Waals surface area contributed by atoms with Crippen LogP contribution in [0.2, 0.25) is 10.0 Å². The van der Waals surface area contributed by atoms with Crippen molar-refractivity contribution >= 4 is 23.2 Å². The molecule has 0 bridgehead atoms. The average molecular weight is 280 g/mol. The maximum absolute atomic E-state index is 12.4. The first-order valence-corrected chi connectivity index (χ1v) is 5.16. The molecule has 90 valence electrons. The van der Waals surface area contributed by atoms with Crippen molar-refractivity contribution in [3.63, 3.8) is 0 Å². The topological polar surface area (TPSA) is 39.8 Å². The van der Waals surface area contributed by atoms with Crippen molar-refractivity contribution in [2.75, 3.05) is 0 Å². The van der Waals surface area contributed by atoms with Crippen LogP contribution in [0.3, 0.4) is 0 Å². The number of alkyl halides is 2. The lowest BCUT2D eigenvalue weighted by Crippen LogP contribution is -2.24. The number of nitrogens with zero attached hydrogens (tertiary/aromatic N) is 3. The van der Waals surface area contributed by atoms with Crippen molar-refractivity contribution in [2.45, 2.75) is 6.55 Å². The van der Waals surface area contributed by atoms with E-state index in [0.29, 0.717) is 5.02 Å². The predicted octanol–water partition coefficient (Wildman–Crippen LogP) is 2.74. The third-order valence-corrected chi connectivity index (χ3v) is 2.58. The van der Waals surface area contributed by atoms with Crippen LogP contribution in [0.1, 0.15) is 6.55 Å². The van der Waals surface area contributed by atoms with Gasteiger partial charge in [0.1, 0.15) is 6.33 Å². The predicted molar refractivity (Wildman–Crippen MR) is 59.1 cm³/mol. The highest BCUT2D eigenvalue weighted by molar-refractivity contribution is 6.35. The molecule has 0 N–H and O–H groups in total. The zero-order valence-corrected chi connectivity index (χ0v) is 9.66. The molecule has 0 aliphatic carbocycles. The Kier molecular flexibility index (Phi) is 3.17. The van der Waals surface area contributed by atoms with Gasteiger partial charge in [-0.15, -0.1) is 0 Å². The summed E-state index contributed by atoms with van der Waals surface area (Å²) in [4.78, 5) is 11.5. The molecule has 0 amide bonds. The number of hydrogen-bond acceptors (Lipinski definition) is 2. The second-order valence-corrected chi connectivity index (χ2v) is 3.95. The van der Waals surface area contributed by atoms with Gasteiger partial charge in [-0.05, 0) is 18.2 Å². The first-order valence-electron chi connectivity index (χ1n) is 4.40. The SMILES string of the molecule is O=c1n(C(F)F)cnn1-c1ccc(Cl)cc1Cl. The largest absolute Gasteiger partial charge is 0.355 e. The third-order valence-electron chi connectivity index (χ3n) is 2.04. The van der Waals surface area contributed by atoms with Crippen LogP contribution < -0.4 is 5.69 Å². The lowest BCUT2D eigenvalue weighted by Gasteiger charge is -2.02. The van der Waals surface area contributed by atoms with Crippen LogP contribution in [0.15, 0.2) is 29.3 Å². The van der Waals surface area contributed by atoms with Crippen molar-refractivity contribution in [3.8, 4) is 5.69 Å². The monoisotopic (exact) mass is 279 g/mol. The van der Waals surface area contributed by atoms with Crippen molar-refractivity contribution in [1.29, 1.82) is 0 Å². The number of rotatable bonds is 2. The molecule has 1 heterocycles. The molecular formula is C9H5Cl2F2N3O. The standard InChI is InChI=1S/C9H5Cl2F2N3O/c10-5-1-2-7(6(11)3-5)16-9(17)15(4-14-16)8(12)13/h1-4,8H. The van der Waals surface area contributed by atoms with Gasteiger partial charge in [0.2, 0.25) is 0 Å². The first kappa shape index (κ1) is 12.1. The van der Waals surface area contributed by atoms with E-state index in [0.717, 1.165) is 11.0 Å². The number of aromatic nitrogens is 3. The van der Waals surface area contributed by atoms with Crippen molar-refractivity contribution in [2.24, 2.45) is 0 Å². The van der Waals surface area contributed by atoms with Crippen LogP contribution in [0.4, 0.5) is 8.78 Å². The Labute approximate surface area is 104 Å². The minimum Gasteiger partial charge on any atom is -0.245 e. The molecule has 2 aromatic rings. The molecule has 17 heavy (non-hydrogen) atoms. The maximum atomic E-state index is 12.4. The average Bonchev–Trinajstić information content (AvgIpc) is 2.60. The molecular weight excluding hydrogens is 275 g/mol. The third kappa shape index (κ3) is 2.18. The van der Waals surface area contributed by atoms with Crippen molar-refractivity contribution in [3.05, 3.63) is 45.1 Å². The van der Waals surface area contributed by atoms with Crippen LogP contribution in [-0.4, -0.2) is 14.3 Å². The van der Waals surface area contributed by atoms with Gasteiger partial charge in [0.15, 0.2) is 0 Å². The Bertz CT molecular complexity index is 609. The van der Waals surface area contributed by atoms with E-state index in [1.54, 1.807) is 0 Å². The minimum atomic E-state index is -2.94. The Hall–Kier alpha value is -1.40. The van der Waals surface area contributed by atoms with E-state index >= 15 is 0 Å². The zero-order chi connectivity index (χ0) is 12.6. The molecule has 0 saturated carbocycles. The highest BCUT2D eigenvalue weighted by atomic mass is 35.5. The fourth-order valence-corrected chi connectivity index (χ4v) is 1.76. The molecule has 0 spiro atoms. The molecule has 0 radical (unpaired) electrons. The Balaban J connectivity index is 2.58. The Morgan fingerprint density at radius 3 is 2.53 bits per heavy atom. The lowest BCUT2D eigenvalue weighted by molar-refractivity contribution is 0.0661. The fourth-order valence-electron chi connectivity index (χ4n) is 1.27. The molecule has 2 rings (SSSR count). The molecule has 4 nitrogen and oxygen atoms in total. The molecule has 0 aliphatic heterocycles. The van der Waals surface area contributed by atoms with Gasteiger partial charge in [-0.25, -0.2) is 9.36 Å². The van der Waals surface area contributed by atoms with E-state index in [9.17, 15) is 13.6 Å². The van der Waals surface area contributed by atoms with Crippen LogP contribution in [0, 0.1) is 0 Å². The van der Waals surface area contributed by atoms with Crippen LogP contribution in [0.5, 0.6) is 0 Å². The second-order valence-electron chi connectivity index (χ2n) is 3.11. The van der Waals surface area contributed by atoms with Crippen molar-refractivity contribution in [1.82, 2.24) is 14.3 Å². The van der Waals surface area contributed by atoms with Crippen LogP contribution in [0.25, 0.3) is 5.69 Å². The minimum absolute atomic E-state index is 0.152. The van der Waals surface area contributed by atoms with Gasteiger partial charge in [0, 0.05) is 5.02 Å². The lowest BCUT2D eigenvalue weighted by atomic mass is 10.3. The van der Waals surface area contributed by atoms with Crippen LogP contribution >= 0.6 is 23.2 Å². The Morgan fingerprint density at radius 1 is 1.29 bits per heavy atom. The first-order chi connectivity index (χ1) is 8.00. The highest BCUT2D eigenvalue weighted by Crippen LogP contribution is 2.22.